The van der Waals surface area contributed by atoms with E-state index in [1.165, 1.54) is 43.6 Å². The van der Waals surface area contributed by atoms with Crippen molar-refractivity contribution in [2.45, 2.75) is 58.8 Å². The summed E-state index contributed by atoms with van der Waals surface area (Å²) in [4.78, 5) is 10.6. The minimum Gasteiger partial charge on any atom is -0.300 e. The van der Waals surface area contributed by atoms with E-state index in [4.69, 9.17) is 0 Å². The van der Waals surface area contributed by atoms with Gasteiger partial charge >= 0.3 is 0 Å². The van der Waals surface area contributed by atoms with Crippen molar-refractivity contribution in [1.82, 2.24) is 0 Å². The molecule has 84 valence electrons. The van der Waals surface area contributed by atoms with Gasteiger partial charge in [0.05, 0.1) is 0 Å². The van der Waals surface area contributed by atoms with Gasteiger partial charge in [-0.05, 0) is 37.7 Å². The van der Waals surface area contributed by atoms with Gasteiger partial charge in [-0.1, -0.05) is 26.2 Å². The fourth-order valence-electron chi connectivity index (χ4n) is 1.35. The van der Waals surface area contributed by atoms with E-state index in [2.05, 4.69) is 18.7 Å². The normalized spacial score (nSPS) is 10.4. The standard InChI is InChI=1S/C12H24OS/c1-3-10-14-11-8-6-4-5-7-9-12(2)13/h3-11H2,1-2H3. The molecule has 0 unspecified atom stereocenters. The highest BCUT2D eigenvalue weighted by atomic mass is 32.2. The second kappa shape index (κ2) is 11.1. The molecule has 0 bridgehead atoms. The molecule has 0 saturated heterocycles. The fraction of sp³-hybridized carbons (Fsp3) is 0.917. The Morgan fingerprint density at radius 2 is 1.64 bits per heavy atom. The average molecular weight is 216 g/mol. The molecule has 0 aromatic carbocycles. The lowest BCUT2D eigenvalue weighted by atomic mass is 10.1. The molecular weight excluding hydrogens is 192 g/mol. The second-order valence-electron chi connectivity index (χ2n) is 3.83. The zero-order chi connectivity index (χ0) is 10.6. The first kappa shape index (κ1) is 14.0. The minimum absolute atomic E-state index is 0.337. The van der Waals surface area contributed by atoms with Crippen LogP contribution in [0, 0.1) is 0 Å². The van der Waals surface area contributed by atoms with E-state index in [1.807, 2.05) is 0 Å². The first-order chi connectivity index (χ1) is 6.77. The second-order valence-corrected chi connectivity index (χ2v) is 5.06. The lowest BCUT2D eigenvalue weighted by Gasteiger charge is -2.00. The quantitative estimate of drug-likeness (QED) is 0.512. The lowest BCUT2D eigenvalue weighted by molar-refractivity contribution is -0.117. The van der Waals surface area contributed by atoms with Gasteiger partial charge < -0.3 is 4.79 Å². The molecule has 14 heavy (non-hydrogen) atoms. The number of carbonyl (C=O) groups excluding carboxylic acids is 1. The number of rotatable bonds is 10. The predicted molar refractivity (Wildman–Crippen MR) is 66.0 cm³/mol. The summed E-state index contributed by atoms with van der Waals surface area (Å²) >= 11 is 2.07. The number of ketones is 1. The van der Waals surface area contributed by atoms with E-state index in [9.17, 15) is 4.79 Å². The van der Waals surface area contributed by atoms with Crippen LogP contribution in [0.4, 0.5) is 0 Å². The van der Waals surface area contributed by atoms with Crippen LogP contribution in [0.2, 0.25) is 0 Å². The zero-order valence-corrected chi connectivity index (χ0v) is 10.5. The number of Topliss-reactive ketones (excluding diaryl/α,β-unsaturated/α-hetero) is 1. The third kappa shape index (κ3) is 12.0. The predicted octanol–water partition coefficient (Wildman–Crippen LogP) is 4.06. The zero-order valence-electron chi connectivity index (χ0n) is 9.68. The number of carbonyl (C=O) groups is 1. The fourth-order valence-corrected chi connectivity index (χ4v) is 2.26. The molecule has 0 aromatic rings. The van der Waals surface area contributed by atoms with Crippen molar-refractivity contribution in [3.05, 3.63) is 0 Å². The van der Waals surface area contributed by atoms with Crippen LogP contribution in [0.3, 0.4) is 0 Å². The molecule has 0 N–H and O–H groups in total. The summed E-state index contributed by atoms with van der Waals surface area (Å²) in [6.45, 7) is 3.91. The van der Waals surface area contributed by atoms with Crippen molar-refractivity contribution in [2.75, 3.05) is 11.5 Å². The van der Waals surface area contributed by atoms with Crippen LogP contribution in [-0.4, -0.2) is 17.3 Å². The van der Waals surface area contributed by atoms with Crippen molar-refractivity contribution in [3.8, 4) is 0 Å². The molecule has 0 atom stereocenters. The Morgan fingerprint density at radius 1 is 1.00 bits per heavy atom. The van der Waals surface area contributed by atoms with Crippen LogP contribution in [-0.2, 0) is 4.79 Å². The molecule has 0 aliphatic carbocycles. The Morgan fingerprint density at radius 3 is 2.29 bits per heavy atom. The topological polar surface area (TPSA) is 17.1 Å². The number of thioether (sulfide) groups is 1. The Kier molecular flexibility index (Phi) is 11.1. The van der Waals surface area contributed by atoms with Gasteiger partial charge in [0.25, 0.3) is 0 Å². The van der Waals surface area contributed by atoms with E-state index in [0.29, 0.717) is 5.78 Å². The third-order valence-corrected chi connectivity index (χ3v) is 3.44. The highest BCUT2D eigenvalue weighted by molar-refractivity contribution is 7.99. The largest absolute Gasteiger partial charge is 0.300 e. The maximum absolute atomic E-state index is 10.6. The van der Waals surface area contributed by atoms with Crippen molar-refractivity contribution >= 4 is 17.5 Å². The van der Waals surface area contributed by atoms with Gasteiger partial charge in [0.1, 0.15) is 5.78 Å². The van der Waals surface area contributed by atoms with Crippen LogP contribution < -0.4 is 0 Å². The summed E-state index contributed by atoms with van der Waals surface area (Å²) in [7, 11) is 0. The molecule has 0 saturated carbocycles. The van der Waals surface area contributed by atoms with Crippen LogP contribution in [0.1, 0.15) is 58.8 Å². The van der Waals surface area contributed by atoms with Gasteiger partial charge in [-0.3, -0.25) is 0 Å². The van der Waals surface area contributed by atoms with E-state index in [1.54, 1.807) is 6.92 Å². The lowest BCUT2D eigenvalue weighted by Crippen LogP contribution is -1.89. The van der Waals surface area contributed by atoms with Crippen LogP contribution >= 0.6 is 11.8 Å². The molecule has 0 spiro atoms. The summed E-state index contributed by atoms with van der Waals surface area (Å²) in [5.41, 5.74) is 0. The maximum Gasteiger partial charge on any atom is 0.129 e. The Bertz CT molecular complexity index is 134. The van der Waals surface area contributed by atoms with Gasteiger partial charge in [0, 0.05) is 6.42 Å². The summed E-state index contributed by atoms with van der Waals surface area (Å²) in [6, 6.07) is 0. The molecule has 0 fully saturated rings. The molecule has 0 aromatic heterocycles. The molecule has 0 heterocycles. The van der Waals surface area contributed by atoms with Crippen molar-refractivity contribution in [2.24, 2.45) is 0 Å². The average Bonchev–Trinajstić information content (AvgIpc) is 2.15. The van der Waals surface area contributed by atoms with Gasteiger partial charge in [-0.15, -0.1) is 0 Å². The highest BCUT2D eigenvalue weighted by Crippen LogP contribution is 2.10. The SMILES string of the molecule is CCCSCCCCCCCC(C)=O. The first-order valence-electron chi connectivity index (χ1n) is 5.84. The molecule has 2 heteroatoms. The molecule has 0 amide bonds. The Hall–Kier alpha value is 0.0200. The minimum atomic E-state index is 0.337. The van der Waals surface area contributed by atoms with E-state index >= 15 is 0 Å². The van der Waals surface area contributed by atoms with Crippen LogP contribution in [0.25, 0.3) is 0 Å². The van der Waals surface area contributed by atoms with Crippen LogP contribution in [0.5, 0.6) is 0 Å². The smallest absolute Gasteiger partial charge is 0.129 e. The molecule has 0 radical (unpaired) electrons. The number of unbranched alkanes of at least 4 members (excludes halogenated alkanes) is 4. The van der Waals surface area contributed by atoms with Crippen LogP contribution in [0.15, 0.2) is 0 Å². The molecular formula is C12H24OS. The first-order valence-corrected chi connectivity index (χ1v) is 7.00. The van der Waals surface area contributed by atoms with Gasteiger partial charge in [0.15, 0.2) is 0 Å². The van der Waals surface area contributed by atoms with Gasteiger partial charge in [-0.2, -0.15) is 11.8 Å². The molecule has 1 nitrogen and oxygen atoms in total. The highest BCUT2D eigenvalue weighted by Gasteiger charge is 1.94. The summed E-state index contributed by atoms with van der Waals surface area (Å²) < 4.78 is 0. The van der Waals surface area contributed by atoms with Gasteiger partial charge in [0.2, 0.25) is 0 Å². The Balaban J connectivity index is 2.88. The monoisotopic (exact) mass is 216 g/mol. The van der Waals surface area contributed by atoms with Crippen molar-refractivity contribution in [3.63, 3.8) is 0 Å². The van der Waals surface area contributed by atoms with Gasteiger partial charge in [-0.25, -0.2) is 0 Å². The third-order valence-electron chi connectivity index (χ3n) is 2.17. The molecule has 0 rings (SSSR count). The summed E-state index contributed by atoms with van der Waals surface area (Å²) in [5.74, 6) is 2.97. The van der Waals surface area contributed by atoms with Crippen molar-refractivity contribution < 1.29 is 4.79 Å². The molecule has 0 aliphatic rings. The molecule has 0 aliphatic heterocycles. The summed E-state index contributed by atoms with van der Waals surface area (Å²) in [6.07, 6.45) is 8.41. The van der Waals surface area contributed by atoms with E-state index in [0.717, 1.165) is 12.8 Å². The summed E-state index contributed by atoms with van der Waals surface area (Å²) in [5, 5.41) is 0. The Labute approximate surface area is 93.0 Å². The number of hydrogen-bond donors (Lipinski definition) is 0. The maximum atomic E-state index is 10.6. The number of hydrogen-bond acceptors (Lipinski definition) is 2. The van der Waals surface area contributed by atoms with E-state index in [-0.39, 0.29) is 0 Å². The van der Waals surface area contributed by atoms with E-state index < -0.39 is 0 Å². The van der Waals surface area contributed by atoms with Crippen molar-refractivity contribution in [1.29, 1.82) is 0 Å².